The Labute approximate surface area is 154 Å². The molecule has 26 heavy (non-hydrogen) atoms. The second-order valence-electron chi connectivity index (χ2n) is 6.07. The van der Waals surface area contributed by atoms with Gasteiger partial charge in [-0.1, -0.05) is 6.07 Å². The molecule has 0 radical (unpaired) electrons. The zero-order valence-electron chi connectivity index (χ0n) is 14.0. The number of amidine groups is 1. The Morgan fingerprint density at radius 3 is 2.92 bits per heavy atom. The van der Waals surface area contributed by atoms with Crippen molar-refractivity contribution in [3.63, 3.8) is 0 Å². The maximum atomic E-state index is 13.5. The fourth-order valence-electron chi connectivity index (χ4n) is 3.01. The summed E-state index contributed by atoms with van der Waals surface area (Å²) < 4.78 is 13.5. The lowest BCUT2D eigenvalue weighted by Crippen LogP contribution is -2.50. The SMILES string of the molecule is N=CN1CCN(c2nc3c(c(Nc4cccc(F)c4)n2)SCC3)CC1=N. The standard InChI is InChI=1S/C17H18FN7S/c18-11-2-1-3-12(8-11)21-16-15-13(4-7-26-15)22-17(23-16)24-5-6-25(10-19)14(20)9-24/h1-3,8,10,19-20H,4-7,9H2,(H,21,22,23). The molecule has 3 N–H and O–H groups in total. The number of hydrogen-bond donors (Lipinski definition) is 3. The summed E-state index contributed by atoms with van der Waals surface area (Å²) in [5, 5.41) is 18.6. The van der Waals surface area contributed by atoms with Crippen LogP contribution in [0.5, 0.6) is 0 Å². The van der Waals surface area contributed by atoms with E-state index in [1.54, 1.807) is 28.8 Å². The number of thioether (sulfide) groups is 1. The molecule has 2 aliphatic heterocycles. The lowest BCUT2D eigenvalue weighted by atomic mass is 10.3. The van der Waals surface area contributed by atoms with E-state index in [-0.39, 0.29) is 5.82 Å². The van der Waals surface area contributed by atoms with Gasteiger partial charge in [0.2, 0.25) is 5.95 Å². The van der Waals surface area contributed by atoms with Crippen molar-refractivity contribution >= 4 is 41.4 Å². The van der Waals surface area contributed by atoms with Gasteiger partial charge in [-0.3, -0.25) is 10.8 Å². The molecule has 1 saturated heterocycles. The number of aryl methyl sites for hydroxylation is 1. The predicted molar refractivity (Wildman–Crippen MR) is 102 cm³/mol. The molecule has 9 heteroatoms. The molecule has 1 fully saturated rings. The minimum Gasteiger partial charge on any atom is -0.339 e. The van der Waals surface area contributed by atoms with Gasteiger partial charge in [-0.2, -0.15) is 4.98 Å². The number of rotatable bonds is 4. The average molecular weight is 371 g/mol. The maximum Gasteiger partial charge on any atom is 0.228 e. The Bertz CT molecular complexity index is 872. The van der Waals surface area contributed by atoms with E-state index in [9.17, 15) is 4.39 Å². The zero-order valence-corrected chi connectivity index (χ0v) is 14.8. The van der Waals surface area contributed by atoms with Gasteiger partial charge in [0.1, 0.15) is 17.5 Å². The molecule has 134 valence electrons. The van der Waals surface area contributed by atoms with Gasteiger partial charge in [0.05, 0.1) is 23.5 Å². The molecular weight excluding hydrogens is 353 g/mol. The molecule has 1 aromatic carbocycles. The molecule has 0 saturated carbocycles. The van der Waals surface area contributed by atoms with Crippen molar-refractivity contribution in [2.75, 3.05) is 35.6 Å². The van der Waals surface area contributed by atoms with E-state index in [2.05, 4.69) is 15.3 Å². The monoisotopic (exact) mass is 371 g/mol. The predicted octanol–water partition coefficient (Wildman–Crippen LogP) is 2.71. The highest BCUT2D eigenvalue weighted by molar-refractivity contribution is 7.99. The van der Waals surface area contributed by atoms with Gasteiger partial charge >= 0.3 is 0 Å². The smallest absolute Gasteiger partial charge is 0.228 e. The molecule has 2 aliphatic rings. The summed E-state index contributed by atoms with van der Waals surface area (Å²) in [4.78, 5) is 13.9. The first-order chi connectivity index (χ1) is 12.6. The second-order valence-corrected chi connectivity index (χ2v) is 7.18. The molecule has 0 amide bonds. The van der Waals surface area contributed by atoms with Gasteiger partial charge in [-0.15, -0.1) is 11.8 Å². The first-order valence-corrected chi connectivity index (χ1v) is 9.28. The highest BCUT2D eigenvalue weighted by Crippen LogP contribution is 2.38. The van der Waals surface area contributed by atoms with E-state index in [4.69, 9.17) is 10.8 Å². The second kappa shape index (κ2) is 6.91. The van der Waals surface area contributed by atoms with Crippen molar-refractivity contribution in [1.29, 1.82) is 10.8 Å². The summed E-state index contributed by atoms with van der Waals surface area (Å²) in [7, 11) is 0. The molecule has 3 heterocycles. The Kier molecular flexibility index (Phi) is 4.46. The molecule has 0 spiro atoms. The van der Waals surface area contributed by atoms with E-state index < -0.39 is 0 Å². The van der Waals surface area contributed by atoms with Gasteiger partial charge in [-0.25, -0.2) is 9.37 Å². The third-order valence-corrected chi connectivity index (χ3v) is 5.46. The number of anilines is 3. The van der Waals surface area contributed by atoms with Crippen LogP contribution in [0.15, 0.2) is 29.2 Å². The number of benzene rings is 1. The Morgan fingerprint density at radius 2 is 2.15 bits per heavy atom. The number of nitrogens with zero attached hydrogens (tertiary/aromatic N) is 4. The summed E-state index contributed by atoms with van der Waals surface area (Å²) in [5.74, 6) is 2.25. The van der Waals surface area contributed by atoms with Crippen molar-refractivity contribution < 1.29 is 4.39 Å². The number of aromatic nitrogens is 2. The molecule has 1 aromatic heterocycles. The van der Waals surface area contributed by atoms with Crippen molar-refractivity contribution in [3.8, 4) is 0 Å². The molecule has 0 bridgehead atoms. The summed E-state index contributed by atoms with van der Waals surface area (Å²) in [5.41, 5.74) is 1.63. The quantitative estimate of drug-likeness (QED) is 0.565. The molecule has 7 nitrogen and oxygen atoms in total. The first-order valence-electron chi connectivity index (χ1n) is 8.30. The van der Waals surface area contributed by atoms with E-state index in [1.165, 1.54) is 18.5 Å². The van der Waals surface area contributed by atoms with Crippen molar-refractivity contribution in [3.05, 3.63) is 35.8 Å². The lowest BCUT2D eigenvalue weighted by molar-refractivity contribution is 0.552. The third kappa shape index (κ3) is 3.22. The van der Waals surface area contributed by atoms with E-state index >= 15 is 0 Å². The minimum absolute atomic E-state index is 0.301. The number of nitrogens with one attached hydrogen (secondary N) is 3. The third-order valence-electron chi connectivity index (χ3n) is 4.33. The fourth-order valence-corrected chi connectivity index (χ4v) is 4.06. The Hall–Kier alpha value is -2.68. The highest BCUT2D eigenvalue weighted by atomic mass is 32.2. The van der Waals surface area contributed by atoms with Gasteiger partial charge < -0.3 is 15.1 Å². The minimum atomic E-state index is -0.301. The van der Waals surface area contributed by atoms with Crippen LogP contribution in [0.1, 0.15) is 5.69 Å². The summed E-state index contributed by atoms with van der Waals surface area (Å²) >= 11 is 1.70. The number of hydrogen-bond acceptors (Lipinski definition) is 7. The normalized spacial score (nSPS) is 16.6. The Morgan fingerprint density at radius 1 is 1.27 bits per heavy atom. The first kappa shape index (κ1) is 16.8. The molecule has 0 atom stereocenters. The summed E-state index contributed by atoms with van der Waals surface area (Å²) in [6.45, 7) is 1.56. The van der Waals surface area contributed by atoms with E-state index in [0.29, 0.717) is 42.9 Å². The summed E-state index contributed by atoms with van der Waals surface area (Å²) in [6.07, 6.45) is 2.04. The van der Waals surface area contributed by atoms with Crippen LogP contribution >= 0.6 is 11.8 Å². The molecule has 0 aliphatic carbocycles. The van der Waals surface area contributed by atoms with Gasteiger partial charge in [0, 0.05) is 31.0 Å². The van der Waals surface area contributed by atoms with Crippen molar-refractivity contribution in [2.24, 2.45) is 0 Å². The lowest BCUT2D eigenvalue weighted by Gasteiger charge is -2.34. The molecule has 0 unspecified atom stereocenters. The Balaban J connectivity index is 1.65. The van der Waals surface area contributed by atoms with Crippen molar-refractivity contribution in [1.82, 2.24) is 14.9 Å². The van der Waals surface area contributed by atoms with Crippen molar-refractivity contribution in [2.45, 2.75) is 11.3 Å². The highest BCUT2D eigenvalue weighted by Gasteiger charge is 2.26. The van der Waals surface area contributed by atoms with Gasteiger partial charge in [0.15, 0.2) is 0 Å². The maximum absolute atomic E-state index is 13.5. The van der Waals surface area contributed by atoms with E-state index in [0.717, 1.165) is 22.8 Å². The van der Waals surface area contributed by atoms with Crippen LogP contribution in [-0.2, 0) is 6.42 Å². The fraction of sp³-hybridized carbons (Fsp3) is 0.294. The van der Waals surface area contributed by atoms with Crippen LogP contribution in [0.25, 0.3) is 0 Å². The van der Waals surface area contributed by atoms with Crippen LogP contribution in [0.2, 0.25) is 0 Å². The zero-order chi connectivity index (χ0) is 18.1. The number of fused-ring (bicyclic) bond motifs is 1. The average Bonchev–Trinajstić information content (AvgIpc) is 3.10. The van der Waals surface area contributed by atoms with E-state index in [1.807, 2.05) is 4.90 Å². The molecule has 2 aromatic rings. The summed E-state index contributed by atoms with van der Waals surface area (Å²) in [6, 6.07) is 6.30. The number of halogens is 1. The van der Waals surface area contributed by atoms with Gasteiger partial charge in [0.25, 0.3) is 0 Å². The van der Waals surface area contributed by atoms with Crippen LogP contribution in [0.4, 0.5) is 21.8 Å². The molecule has 4 rings (SSSR count). The largest absolute Gasteiger partial charge is 0.339 e. The topological polar surface area (TPSA) is 92.0 Å². The van der Waals surface area contributed by atoms with Crippen LogP contribution in [0.3, 0.4) is 0 Å². The van der Waals surface area contributed by atoms with Crippen LogP contribution < -0.4 is 10.2 Å². The van der Waals surface area contributed by atoms with Crippen LogP contribution in [-0.4, -0.2) is 52.4 Å². The van der Waals surface area contributed by atoms with Gasteiger partial charge in [-0.05, 0) is 18.2 Å². The molecular formula is C17H18FN7S. The number of piperazine rings is 1. The van der Waals surface area contributed by atoms with Crippen LogP contribution in [0, 0.1) is 16.6 Å².